The van der Waals surface area contributed by atoms with Crippen LogP contribution in [0, 0.1) is 0 Å². The SMILES string of the molecule is C[C@H](Cc1ccc(OC2CCNCC2)cn1)c1ccc2c(n1)O[C@@H](c1ccc(CN3CCC(Oc4cccnc4)CC3)cc1)CO2. The summed E-state index contributed by atoms with van der Waals surface area (Å²) in [7, 11) is 0. The molecule has 9 heteroatoms. The number of pyridine rings is 3. The summed E-state index contributed by atoms with van der Waals surface area (Å²) in [6.07, 6.45) is 10.6. The van der Waals surface area contributed by atoms with Crippen LogP contribution in [0.3, 0.4) is 0 Å². The van der Waals surface area contributed by atoms with Crippen LogP contribution < -0.4 is 24.3 Å². The summed E-state index contributed by atoms with van der Waals surface area (Å²) in [4.78, 5) is 16.2. The molecule has 3 aromatic heterocycles. The Morgan fingerprint density at radius 3 is 2.41 bits per heavy atom. The van der Waals surface area contributed by atoms with Crippen molar-refractivity contribution in [3.63, 3.8) is 0 Å². The van der Waals surface area contributed by atoms with Crippen LogP contribution in [0.4, 0.5) is 0 Å². The Labute approximate surface area is 271 Å². The van der Waals surface area contributed by atoms with Crippen LogP contribution in [0.5, 0.6) is 23.1 Å². The lowest BCUT2D eigenvalue weighted by Crippen LogP contribution is -2.37. The van der Waals surface area contributed by atoms with Gasteiger partial charge < -0.3 is 24.3 Å². The van der Waals surface area contributed by atoms with E-state index in [1.165, 1.54) is 5.56 Å². The van der Waals surface area contributed by atoms with Gasteiger partial charge in [-0.2, -0.15) is 0 Å². The molecule has 0 amide bonds. The Kier molecular flexibility index (Phi) is 9.58. The summed E-state index contributed by atoms with van der Waals surface area (Å²) >= 11 is 0. The van der Waals surface area contributed by atoms with Crippen molar-refractivity contribution >= 4 is 0 Å². The minimum atomic E-state index is -0.200. The third-order valence-corrected chi connectivity index (χ3v) is 9.13. The van der Waals surface area contributed by atoms with E-state index in [-0.39, 0.29) is 24.2 Å². The van der Waals surface area contributed by atoms with E-state index in [9.17, 15) is 0 Å². The molecule has 1 N–H and O–H groups in total. The Hall–Kier alpha value is -4.21. The molecular weight excluding hydrogens is 578 g/mol. The molecule has 0 bridgehead atoms. The quantitative estimate of drug-likeness (QED) is 0.232. The summed E-state index contributed by atoms with van der Waals surface area (Å²) in [5.74, 6) is 3.11. The lowest BCUT2D eigenvalue weighted by Gasteiger charge is -2.32. The molecule has 240 valence electrons. The highest BCUT2D eigenvalue weighted by atomic mass is 16.6. The van der Waals surface area contributed by atoms with E-state index in [4.69, 9.17) is 23.9 Å². The topological polar surface area (TPSA) is 90.9 Å². The van der Waals surface area contributed by atoms with Crippen LogP contribution in [-0.4, -0.2) is 64.8 Å². The molecule has 3 aliphatic heterocycles. The van der Waals surface area contributed by atoms with Crippen LogP contribution in [0.15, 0.2) is 79.3 Å². The number of likely N-dealkylation sites (tertiary alicyclic amines) is 1. The third kappa shape index (κ3) is 7.77. The zero-order valence-electron chi connectivity index (χ0n) is 26.5. The molecule has 2 atom stereocenters. The molecule has 4 aromatic rings. The molecule has 1 aromatic carbocycles. The van der Waals surface area contributed by atoms with Crippen molar-refractivity contribution in [3.05, 3.63) is 102 Å². The van der Waals surface area contributed by atoms with Gasteiger partial charge >= 0.3 is 0 Å². The van der Waals surface area contributed by atoms with Crippen molar-refractivity contribution in [2.75, 3.05) is 32.8 Å². The normalized spacial score (nSPS) is 19.8. The van der Waals surface area contributed by atoms with Gasteiger partial charge in [-0.05, 0) is 92.7 Å². The number of nitrogens with one attached hydrogen (secondary N) is 1. The van der Waals surface area contributed by atoms with Crippen LogP contribution in [0.1, 0.15) is 67.1 Å². The van der Waals surface area contributed by atoms with Crippen molar-refractivity contribution in [3.8, 4) is 23.1 Å². The highest BCUT2D eigenvalue weighted by molar-refractivity contribution is 5.38. The first-order valence-corrected chi connectivity index (χ1v) is 16.7. The minimum Gasteiger partial charge on any atom is -0.489 e. The highest BCUT2D eigenvalue weighted by Gasteiger charge is 2.26. The second-order valence-electron chi connectivity index (χ2n) is 12.6. The van der Waals surface area contributed by atoms with Gasteiger partial charge in [0.2, 0.25) is 0 Å². The summed E-state index contributed by atoms with van der Waals surface area (Å²) < 4.78 is 24.7. The number of rotatable bonds is 10. The van der Waals surface area contributed by atoms with Crippen LogP contribution in [0.2, 0.25) is 0 Å². The van der Waals surface area contributed by atoms with E-state index in [0.29, 0.717) is 18.2 Å². The number of ether oxygens (including phenoxy) is 4. The van der Waals surface area contributed by atoms with Crippen LogP contribution in [0.25, 0.3) is 0 Å². The van der Waals surface area contributed by atoms with Gasteiger partial charge in [-0.3, -0.25) is 14.9 Å². The molecule has 0 spiro atoms. The molecule has 0 aliphatic carbocycles. The lowest BCUT2D eigenvalue weighted by molar-refractivity contribution is 0.0845. The predicted molar refractivity (Wildman–Crippen MR) is 176 cm³/mol. The third-order valence-electron chi connectivity index (χ3n) is 9.13. The Bertz CT molecular complexity index is 1540. The van der Waals surface area contributed by atoms with E-state index in [2.05, 4.69) is 57.4 Å². The van der Waals surface area contributed by atoms with E-state index in [1.807, 2.05) is 36.5 Å². The fourth-order valence-electron chi connectivity index (χ4n) is 6.43. The average Bonchev–Trinajstić information content (AvgIpc) is 3.11. The van der Waals surface area contributed by atoms with E-state index in [0.717, 1.165) is 93.3 Å². The number of piperidine rings is 2. The van der Waals surface area contributed by atoms with Crippen molar-refractivity contribution in [1.29, 1.82) is 0 Å². The maximum absolute atomic E-state index is 6.40. The molecule has 0 saturated carbocycles. The number of hydrogen-bond donors (Lipinski definition) is 1. The molecule has 2 fully saturated rings. The van der Waals surface area contributed by atoms with E-state index < -0.39 is 0 Å². The van der Waals surface area contributed by atoms with Gasteiger partial charge in [0.25, 0.3) is 5.88 Å². The number of aromatic nitrogens is 3. The average molecular weight is 622 g/mol. The monoisotopic (exact) mass is 621 g/mol. The van der Waals surface area contributed by atoms with Gasteiger partial charge in [-0.25, -0.2) is 4.98 Å². The summed E-state index contributed by atoms with van der Waals surface area (Å²) in [6, 6.07) is 20.7. The number of hydrogen-bond acceptors (Lipinski definition) is 9. The number of fused-ring (bicyclic) bond motifs is 1. The first-order valence-electron chi connectivity index (χ1n) is 16.7. The van der Waals surface area contributed by atoms with E-state index in [1.54, 1.807) is 12.4 Å². The first kappa shape index (κ1) is 30.4. The van der Waals surface area contributed by atoms with Crippen molar-refractivity contribution < 1.29 is 18.9 Å². The molecule has 0 radical (unpaired) electrons. The van der Waals surface area contributed by atoms with Gasteiger partial charge in [0.1, 0.15) is 30.3 Å². The zero-order chi connectivity index (χ0) is 31.1. The Balaban J connectivity index is 0.904. The molecule has 0 unspecified atom stereocenters. The number of benzene rings is 1. The van der Waals surface area contributed by atoms with Crippen LogP contribution in [-0.2, 0) is 13.0 Å². The van der Waals surface area contributed by atoms with Gasteiger partial charge in [0.15, 0.2) is 11.9 Å². The Morgan fingerprint density at radius 1 is 0.891 bits per heavy atom. The summed E-state index contributed by atoms with van der Waals surface area (Å²) in [5, 5.41) is 3.37. The minimum absolute atomic E-state index is 0.171. The van der Waals surface area contributed by atoms with Gasteiger partial charge in [0.05, 0.1) is 12.4 Å². The van der Waals surface area contributed by atoms with Gasteiger partial charge in [-0.1, -0.05) is 31.2 Å². The second kappa shape index (κ2) is 14.5. The van der Waals surface area contributed by atoms with E-state index >= 15 is 0 Å². The zero-order valence-corrected chi connectivity index (χ0v) is 26.5. The maximum atomic E-state index is 6.40. The fourth-order valence-corrected chi connectivity index (χ4v) is 6.43. The van der Waals surface area contributed by atoms with Crippen LogP contribution >= 0.6 is 0 Å². The lowest BCUT2D eigenvalue weighted by atomic mass is 10.0. The molecule has 2 saturated heterocycles. The van der Waals surface area contributed by atoms with Gasteiger partial charge in [0, 0.05) is 43.1 Å². The summed E-state index contributed by atoms with van der Waals surface area (Å²) in [6.45, 7) is 7.61. The molecule has 7 rings (SSSR count). The van der Waals surface area contributed by atoms with Crippen molar-refractivity contribution in [2.24, 2.45) is 0 Å². The molecule has 46 heavy (non-hydrogen) atoms. The standard InChI is InChI=1S/C37H43N5O4/c1-26(21-29-8-9-33(23-40-29)44-30-12-17-38-18-13-30)34-10-11-35-37(41-34)46-36(25-43-35)28-6-4-27(5-7-28)24-42-19-14-31(15-20-42)45-32-3-2-16-39-22-32/h2-11,16,22-23,26,30-31,36,38H,12-15,17-21,24-25H2,1H3/t26-,36-/m1/s1. The molecule has 9 nitrogen and oxygen atoms in total. The van der Waals surface area contributed by atoms with Gasteiger partial charge in [-0.15, -0.1) is 0 Å². The molecule has 6 heterocycles. The fraction of sp³-hybridized carbons (Fsp3) is 0.432. The first-order chi connectivity index (χ1) is 22.6. The molecular formula is C37H43N5O4. The molecule has 3 aliphatic rings. The highest BCUT2D eigenvalue weighted by Crippen LogP contribution is 2.36. The maximum Gasteiger partial charge on any atom is 0.258 e. The Morgan fingerprint density at radius 2 is 1.67 bits per heavy atom. The largest absolute Gasteiger partial charge is 0.489 e. The summed E-state index contributed by atoms with van der Waals surface area (Å²) in [5.41, 5.74) is 4.36. The van der Waals surface area contributed by atoms with Crippen molar-refractivity contribution in [1.82, 2.24) is 25.2 Å². The smallest absolute Gasteiger partial charge is 0.258 e. The second-order valence-corrected chi connectivity index (χ2v) is 12.6. The van der Waals surface area contributed by atoms with Crippen molar-refractivity contribution in [2.45, 2.75) is 69.8 Å². The number of nitrogens with zero attached hydrogens (tertiary/aromatic N) is 4. The predicted octanol–water partition coefficient (Wildman–Crippen LogP) is 5.90.